The molecule has 0 spiro atoms. The molecule has 0 radical (unpaired) electrons. The minimum atomic E-state index is -3.53. The zero-order chi connectivity index (χ0) is 27.8. The van der Waals surface area contributed by atoms with Crippen molar-refractivity contribution in [2.24, 2.45) is 0 Å². The van der Waals surface area contributed by atoms with Gasteiger partial charge in [0.05, 0.1) is 24.2 Å². The summed E-state index contributed by atoms with van der Waals surface area (Å²) in [4.78, 5) is 32.4. The highest BCUT2D eigenvalue weighted by Crippen LogP contribution is 2.22. The average Bonchev–Trinajstić information content (AvgIpc) is 3.77. The van der Waals surface area contributed by atoms with E-state index in [1.807, 2.05) is 36.4 Å². The number of ether oxygens (including phenoxy) is 1. The number of carbonyl (C=O) groups is 2. The normalized spacial score (nSPS) is 13.9. The molecule has 9 nitrogen and oxygen atoms in total. The Morgan fingerprint density at radius 3 is 2.33 bits per heavy atom. The number of benzene rings is 2. The number of methoxy groups -OCH3 is 1. The van der Waals surface area contributed by atoms with Crippen molar-refractivity contribution in [3.05, 3.63) is 89.7 Å². The predicted molar refractivity (Wildman–Crippen MR) is 147 cm³/mol. The van der Waals surface area contributed by atoms with Gasteiger partial charge in [-0.25, -0.2) is 13.1 Å². The van der Waals surface area contributed by atoms with Crippen molar-refractivity contribution < 1.29 is 22.7 Å². The quantitative estimate of drug-likeness (QED) is 0.338. The van der Waals surface area contributed by atoms with Crippen LogP contribution in [0.2, 0.25) is 0 Å². The number of nitrogens with one attached hydrogen (secondary N) is 2. The maximum absolute atomic E-state index is 13.4. The van der Waals surface area contributed by atoms with E-state index >= 15 is 0 Å². The molecule has 1 unspecified atom stereocenters. The molecule has 0 saturated heterocycles. The third-order valence-corrected chi connectivity index (χ3v) is 8.15. The molecule has 39 heavy (non-hydrogen) atoms. The average molecular weight is 551 g/mol. The summed E-state index contributed by atoms with van der Waals surface area (Å²) >= 11 is 0. The summed E-state index contributed by atoms with van der Waals surface area (Å²) in [7, 11) is -1.94. The summed E-state index contributed by atoms with van der Waals surface area (Å²) in [5, 5.41) is 2.87. The summed E-state index contributed by atoms with van der Waals surface area (Å²) in [6.07, 6.45) is 3.98. The van der Waals surface area contributed by atoms with Gasteiger partial charge >= 0.3 is 0 Å². The Labute approximate surface area is 229 Å². The van der Waals surface area contributed by atoms with Gasteiger partial charge in [0.15, 0.2) is 0 Å². The van der Waals surface area contributed by atoms with Crippen LogP contribution in [0, 0.1) is 0 Å². The summed E-state index contributed by atoms with van der Waals surface area (Å²) in [6.45, 7) is 2.23. The number of aromatic nitrogens is 1. The molecule has 1 fully saturated rings. The van der Waals surface area contributed by atoms with Gasteiger partial charge < -0.3 is 15.0 Å². The van der Waals surface area contributed by atoms with Crippen LogP contribution in [-0.4, -0.2) is 49.3 Å². The predicted octanol–water partition coefficient (Wildman–Crippen LogP) is 3.20. The van der Waals surface area contributed by atoms with E-state index in [0.717, 1.165) is 29.7 Å². The summed E-state index contributed by atoms with van der Waals surface area (Å²) in [6, 6.07) is 18.7. The van der Waals surface area contributed by atoms with E-state index in [-0.39, 0.29) is 42.3 Å². The van der Waals surface area contributed by atoms with Crippen molar-refractivity contribution in [2.75, 3.05) is 7.11 Å². The second-order valence-corrected chi connectivity index (χ2v) is 11.3. The molecule has 1 atom stereocenters. The van der Waals surface area contributed by atoms with Crippen molar-refractivity contribution in [3.8, 4) is 5.75 Å². The molecule has 0 bridgehead atoms. The third-order valence-electron chi connectivity index (χ3n) is 6.61. The lowest BCUT2D eigenvalue weighted by Gasteiger charge is -2.29. The van der Waals surface area contributed by atoms with Crippen LogP contribution in [0.5, 0.6) is 5.75 Å². The molecule has 4 rings (SSSR count). The summed E-state index contributed by atoms with van der Waals surface area (Å²) in [5.74, 6) is 0.245. The Balaban J connectivity index is 1.42. The third kappa shape index (κ3) is 8.11. The van der Waals surface area contributed by atoms with Crippen molar-refractivity contribution in [1.29, 1.82) is 0 Å². The van der Waals surface area contributed by atoms with Gasteiger partial charge in [0, 0.05) is 25.2 Å². The van der Waals surface area contributed by atoms with E-state index in [9.17, 15) is 18.0 Å². The smallest absolute Gasteiger partial charge is 0.242 e. The van der Waals surface area contributed by atoms with Gasteiger partial charge in [-0.05, 0) is 73.7 Å². The molecule has 2 N–H and O–H groups in total. The van der Waals surface area contributed by atoms with Gasteiger partial charge in [0.1, 0.15) is 11.8 Å². The van der Waals surface area contributed by atoms with Crippen molar-refractivity contribution >= 4 is 21.8 Å². The zero-order valence-electron chi connectivity index (χ0n) is 22.2. The molecule has 1 saturated carbocycles. The van der Waals surface area contributed by atoms with Crippen LogP contribution in [0.1, 0.15) is 43.0 Å². The van der Waals surface area contributed by atoms with E-state index in [1.54, 1.807) is 55.5 Å². The molecule has 1 heterocycles. The van der Waals surface area contributed by atoms with Gasteiger partial charge in [-0.3, -0.25) is 14.6 Å². The van der Waals surface area contributed by atoms with Crippen molar-refractivity contribution in [2.45, 2.75) is 62.7 Å². The monoisotopic (exact) mass is 550 g/mol. The number of hydrogen-bond acceptors (Lipinski definition) is 6. The van der Waals surface area contributed by atoms with Crippen LogP contribution in [0.25, 0.3) is 0 Å². The molecule has 1 aliphatic rings. The largest absolute Gasteiger partial charge is 0.497 e. The van der Waals surface area contributed by atoms with Gasteiger partial charge in [0.2, 0.25) is 21.8 Å². The molecular weight excluding hydrogens is 516 g/mol. The van der Waals surface area contributed by atoms with Crippen LogP contribution in [0.15, 0.2) is 77.8 Å². The molecule has 3 aromatic rings. The first-order chi connectivity index (χ1) is 18.7. The zero-order valence-corrected chi connectivity index (χ0v) is 23.0. The van der Waals surface area contributed by atoms with Gasteiger partial charge in [-0.15, -0.1) is 0 Å². The minimum Gasteiger partial charge on any atom is -0.497 e. The molecule has 0 aliphatic heterocycles. The highest BCUT2D eigenvalue weighted by atomic mass is 32.2. The molecule has 1 aliphatic carbocycles. The SMILES string of the molecule is COc1ccc(CN(C(=O)CCc2ccc(S(=O)(=O)NC3CC3)cc2)C(C)C(=O)NCc2ccccn2)cc1. The number of nitrogens with zero attached hydrogens (tertiary/aromatic N) is 2. The lowest BCUT2D eigenvalue weighted by atomic mass is 10.1. The summed E-state index contributed by atoms with van der Waals surface area (Å²) in [5.41, 5.74) is 2.43. The van der Waals surface area contributed by atoms with Crippen LogP contribution >= 0.6 is 0 Å². The standard InChI is InChI=1S/C29H34N4O5S/c1-21(29(35)31-19-25-5-3-4-18-30-25)33(20-23-6-13-26(38-2)14-7-23)28(34)17-10-22-8-15-27(16-9-22)39(36,37)32-24-11-12-24/h3-9,13-16,18,21,24,32H,10-12,17,19-20H2,1-2H3,(H,31,35). The molecule has 2 aromatic carbocycles. The van der Waals surface area contributed by atoms with E-state index in [1.165, 1.54) is 0 Å². The Morgan fingerprint density at radius 2 is 1.72 bits per heavy atom. The van der Waals surface area contributed by atoms with Gasteiger partial charge in [0.25, 0.3) is 0 Å². The molecular formula is C29H34N4O5S. The van der Waals surface area contributed by atoms with Crippen molar-refractivity contribution in [1.82, 2.24) is 19.9 Å². The maximum atomic E-state index is 13.4. The molecule has 10 heteroatoms. The molecule has 206 valence electrons. The Kier molecular flexibility index (Phi) is 9.32. The fourth-order valence-corrected chi connectivity index (χ4v) is 5.36. The first-order valence-corrected chi connectivity index (χ1v) is 14.4. The fraction of sp³-hybridized carbons (Fsp3) is 0.345. The Hall–Kier alpha value is -3.76. The summed E-state index contributed by atoms with van der Waals surface area (Å²) < 4.78 is 32.7. The lowest BCUT2D eigenvalue weighted by molar-refractivity contribution is -0.140. The lowest BCUT2D eigenvalue weighted by Crippen LogP contribution is -2.47. The Morgan fingerprint density at radius 1 is 1.03 bits per heavy atom. The van der Waals surface area contributed by atoms with Crippen LogP contribution in [-0.2, 0) is 39.1 Å². The second-order valence-electron chi connectivity index (χ2n) is 9.62. The number of hydrogen-bond donors (Lipinski definition) is 2. The maximum Gasteiger partial charge on any atom is 0.242 e. The van der Waals surface area contributed by atoms with E-state index < -0.39 is 16.1 Å². The van der Waals surface area contributed by atoms with Crippen LogP contribution < -0.4 is 14.8 Å². The fourth-order valence-electron chi connectivity index (χ4n) is 4.06. The number of rotatable bonds is 13. The minimum absolute atomic E-state index is 0.0344. The van der Waals surface area contributed by atoms with E-state index in [0.29, 0.717) is 12.2 Å². The number of pyridine rings is 1. The molecule has 1 aromatic heterocycles. The first-order valence-electron chi connectivity index (χ1n) is 13.0. The van der Waals surface area contributed by atoms with Gasteiger partial charge in [-0.2, -0.15) is 0 Å². The molecule has 2 amide bonds. The van der Waals surface area contributed by atoms with Gasteiger partial charge in [-0.1, -0.05) is 30.3 Å². The van der Waals surface area contributed by atoms with Crippen molar-refractivity contribution in [3.63, 3.8) is 0 Å². The Bertz CT molecular complexity index is 1360. The highest BCUT2D eigenvalue weighted by molar-refractivity contribution is 7.89. The number of carbonyl (C=O) groups excluding carboxylic acids is 2. The van der Waals surface area contributed by atoms with Crippen LogP contribution in [0.3, 0.4) is 0 Å². The first kappa shape index (κ1) is 28.3. The van der Waals surface area contributed by atoms with E-state index in [4.69, 9.17) is 4.74 Å². The number of sulfonamides is 1. The number of aryl methyl sites for hydroxylation is 1. The van der Waals surface area contributed by atoms with Crippen LogP contribution in [0.4, 0.5) is 0 Å². The number of amides is 2. The topological polar surface area (TPSA) is 118 Å². The highest BCUT2D eigenvalue weighted by Gasteiger charge is 2.28. The second kappa shape index (κ2) is 12.9. The van der Waals surface area contributed by atoms with E-state index in [2.05, 4.69) is 15.0 Å².